The molecule has 0 aromatic heterocycles. The molecule has 0 bridgehead atoms. The quantitative estimate of drug-likeness (QED) is 0.301. The number of nitrogens with zero attached hydrogens (tertiary/aromatic N) is 1. The van der Waals surface area contributed by atoms with Crippen LogP contribution in [0.15, 0.2) is 53.7 Å². The van der Waals surface area contributed by atoms with Crippen LogP contribution in [0.1, 0.15) is 22.8 Å². The fourth-order valence-electron chi connectivity index (χ4n) is 1.76. The maximum Gasteiger partial charge on any atom is 0.343 e. The van der Waals surface area contributed by atoms with Gasteiger partial charge >= 0.3 is 5.97 Å². The van der Waals surface area contributed by atoms with Crippen molar-refractivity contribution in [3.63, 3.8) is 0 Å². The van der Waals surface area contributed by atoms with Crippen molar-refractivity contribution in [2.24, 2.45) is 5.16 Å². The molecular formula is C16H15NO4. The number of hydrogen-bond acceptors (Lipinski definition) is 5. The highest BCUT2D eigenvalue weighted by atomic mass is 16.6. The van der Waals surface area contributed by atoms with Crippen LogP contribution in [0.4, 0.5) is 0 Å². The van der Waals surface area contributed by atoms with Gasteiger partial charge < -0.3 is 14.7 Å². The molecule has 0 saturated carbocycles. The Morgan fingerprint density at radius 3 is 2.62 bits per heavy atom. The number of ether oxygens (including phenoxy) is 2. The van der Waals surface area contributed by atoms with Crippen molar-refractivity contribution in [1.82, 2.24) is 0 Å². The molecule has 2 aromatic carbocycles. The zero-order valence-corrected chi connectivity index (χ0v) is 11.5. The number of benzene rings is 2. The first kappa shape index (κ1) is 14.6. The van der Waals surface area contributed by atoms with Crippen LogP contribution in [-0.2, 0) is 0 Å². The molecule has 21 heavy (non-hydrogen) atoms. The van der Waals surface area contributed by atoms with Crippen LogP contribution in [0, 0.1) is 0 Å². The largest absolute Gasteiger partial charge is 0.490 e. The molecule has 0 aliphatic rings. The lowest BCUT2D eigenvalue weighted by Gasteiger charge is -2.11. The first-order valence-electron chi connectivity index (χ1n) is 6.46. The van der Waals surface area contributed by atoms with E-state index < -0.39 is 5.97 Å². The zero-order chi connectivity index (χ0) is 15.1. The predicted molar refractivity (Wildman–Crippen MR) is 78.4 cm³/mol. The second-order valence-corrected chi connectivity index (χ2v) is 4.14. The predicted octanol–water partition coefficient (Wildman–Crippen LogP) is 3.11. The van der Waals surface area contributed by atoms with E-state index in [4.69, 9.17) is 14.7 Å². The molecule has 2 aromatic rings. The summed E-state index contributed by atoms with van der Waals surface area (Å²) >= 11 is 0. The van der Waals surface area contributed by atoms with Gasteiger partial charge in [-0.15, -0.1) is 0 Å². The highest BCUT2D eigenvalue weighted by Gasteiger charge is 2.12. The number of oxime groups is 1. The molecular weight excluding hydrogens is 270 g/mol. The SMILES string of the molecule is CCOc1cc(C=NO)ccc1OC(=O)c1ccccc1. The minimum absolute atomic E-state index is 0.320. The van der Waals surface area contributed by atoms with Gasteiger partial charge in [-0.25, -0.2) is 4.79 Å². The zero-order valence-electron chi connectivity index (χ0n) is 11.5. The molecule has 2 rings (SSSR count). The van der Waals surface area contributed by atoms with E-state index >= 15 is 0 Å². The first-order chi connectivity index (χ1) is 10.2. The van der Waals surface area contributed by atoms with Crippen LogP contribution < -0.4 is 9.47 Å². The average molecular weight is 285 g/mol. The Labute approximate surface area is 122 Å². The van der Waals surface area contributed by atoms with Gasteiger partial charge in [0.15, 0.2) is 11.5 Å². The van der Waals surface area contributed by atoms with Gasteiger partial charge in [0.1, 0.15) is 0 Å². The Balaban J connectivity index is 2.24. The third-order valence-corrected chi connectivity index (χ3v) is 2.69. The van der Waals surface area contributed by atoms with Crippen molar-refractivity contribution in [3.8, 4) is 11.5 Å². The number of rotatable bonds is 5. The Morgan fingerprint density at radius 2 is 1.95 bits per heavy atom. The number of esters is 1. The molecule has 0 heterocycles. The van der Waals surface area contributed by atoms with Crippen molar-refractivity contribution in [2.45, 2.75) is 6.92 Å². The van der Waals surface area contributed by atoms with Crippen LogP contribution in [0.3, 0.4) is 0 Å². The van der Waals surface area contributed by atoms with Crippen LogP contribution in [0.25, 0.3) is 0 Å². The van der Waals surface area contributed by atoms with Crippen molar-refractivity contribution in [3.05, 3.63) is 59.7 Å². The lowest BCUT2D eigenvalue weighted by Crippen LogP contribution is -2.09. The molecule has 1 N–H and O–H groups in total. The van der Waals surface area contributed by atoms with E-state index in [1.807, 2.05) is 13.0 Å². The normalized spacial score (nSPS) is 10.5. The van der Waals surface area contributed by atoms with Crippen LogP contribution in [-0.4, -0.2) is 24.0 Å². The van der Waals surface area contributed by atoms with E-state index in [0.29, 0.717) is 29.2 Å². The van der Waals surface area contributed by atoms with E-state index in [2.05, 4.69) is 5.16 Å². The summed E-state index contributed by atoms with van der Waals surface area (Å²) in [7, 11) is 0. The second kappa shape index (κ2) is 7.09. The standard InChI is InChI=1S/C16H15NO4/c1-2-20-15-10-12(11-17-19)8-9-14(15)21-16(18)13-6-4-3-5-7-13/h3-11,19H,2H2,1H3. The highest BCUT2D eigenvalue weighted by molar-refractivity contribution is 5.91. The Kier molecular flexibility index (Phi) is 4.93. The number of carbonyl (C=O) groups is 1. The molecule has 0 aliphatic heterocycles. The molecule has 108 valence electrons. The second-order valence-electron chi connectivity index (χ2n) is 4.14. The molecule has 0 saturated heterocycles. The van der Waals surface area contributed by atoms with E-state index in [1.165, 1.54) is 6.21 Å². The third kappa shape index (κ3) is 3.82. The van der Waals surface area contributed by atoms with Crippen LogP contribution in [0.2, 0.25) is 0 Å². The molecule has 0 aliphatic carbocycles. The van der Waals surface area contributed by atoms with E-state index in [-0.39, 0.29) is 0 Å². The molecule has 0 radical (unpaired) electrons. The summed E-state index contributed by atoms with van der Waals surface area (Å²) < 4.78 is 10.8. The van der Waals surface area contributed by atoms with E-state index in [0.717, 1.165) is 0 Å². The van der Waals surface area contributed by atoms with Gasteiger partial charge in [-0.3, -0.25) is 0 Å². The summed E-state index contributed by atoms with van der Waals surface area (Å²) in [6, 6.07) is 13.6. The Hall–Kier alpha value is -2.82. The average Bonchev–Trinajstić information content (AvgIpc) is 2.51. The Morgan fingerprint density at radius 1 is 1.19 bits per heavy atom. The first-order valence-corrected chi connectivity index (χ1v) is 6.46. The van der Waals surface area contributed by atoms with Crippen molar-refractivity contribution in [2.75, 3.05) is 6.61 Å². The summed E-state index contributed by atoms with van der Waals surface area (Å²) in [4.78, 5) is 12.0. The third-order valence-electron chi connectivity index (χ3n) is 2.69. The van der Waals surface area contributed by atoms with Gasteiger partial charge in [-0.1, -0.05) is 23.4 Å². The smallest absolute Gasteiger partial charge is 0.343 e. The van der Waals surface area contributed by atoms with Crippen molar-refractivity contribution in [1.29, 1.82) is 0 Å². The molecule has 5 nitrogen and oxygen atoms in total. The lowest BCUT2D eigenvalue weighted by atomic mass is 10.2. The maximum absolute atomic E-state index is 12.0. The van der Waals surface area contributed by atoms with Gasteiger partial charge in [0.25, 0.3) is 0 Å². The van der Waals surface area contributed by atoms with Gasteiger partial charge in [0.05, 0.1) is 18.4 Å². The summed E-state index contributed by atoms with van der Waals surface area (Å²) in [5, 5.41) is 11.5. The summed E-state index contributed by atoms with van der Waals surface area (Å²) in [5.41, 5.74) is 1.10. The summed E-state index contributed by atoms with van der Waals surface area (Å²) in [5.74, 6) is 0.278. The van der Waals surface area contributed by atoms with Crippen molar-refractivity contribution >= 4 is 12.2 Å². The van der Waals surface area contributed by atoms with Crippen LogP contribution >= 0.6 is 0 Å². The number of hydrogen-bond donors (Lipinski definition) is 1. The minimum Gasteiger partial charge on any atom is -0.490 e. The van der Waals surface area contributed by atoms with E-state index in [1.54, 1.807) is 42.5 Å². The van der Waals surface area contributed by atoms with Gasteiger partial charge in [0, 0.05) is 5.56 Å². The molecule has 0 atom stereocenters. The number of carbonyl (C=O) groups excluding carboxylic acids is 1. The summed E-state index contributed by atoms with van der Waals surface area (Å²) in [6.07, 6.45) is 1.27. The van der Waals surface area contributed by atoms with Gasteiger partial charge in [-0.2, -0.15) is 0 Å². The molecule has 0 unspecified atom stereocenters. The van der Waals surface area contributed by atoms with Gasteiger partial charge in [-0.05, 0) is 37.3 Å². The van der Waals surface area contributed by atoms with Gasteiger partial charge in [0.2, 0.25) is 0 Å². The summed E-state index contributed by atoms with van der Waals surface area (Å²) in [6.45, 7) is 2.26. The highest BCUT2D eigenvalue weighted by Crippen LogP contribution is 2.28. The minimum atomic E-state index is -0.458. The lowest BCUT2D eigenvalue weighted by molar-refractivity contribution is 0.0728. The molecule has 0 amide bonds. The van der Waals surface area contributed by atoms with Crippen molar-refractivity contribution < 1.29 is 19.5 Å². The monoisotopic (exact) mass is 285 g/mol. The molecule has 5 heteroatoms. The molecule has 0 fully saturated rings. The fourth-order valence-corrected chi connectivity index (χ4v) is 1.76. The van der Waals surface area contributed by atoms with Crippen LogP contribution in [0.5, 0.6) is 11.5 Å². The topological polar surface area (TPSA) is 68.1 Å². The van der Waals surface area contributed by atoms with E-state index in [9.17, 15) is 4.79 Å². The fraction of sp³-hybridized carbons (Fsp3) is 0.125. The Bertz CT molecular complexity index is 638. The maximum atomic E-state index is 12.0. The molecule has 0 spiro atoms.